The Hall–Kier alpha value is -2.85. The highest BCUT2D eigenvalue weighted by molar-refractivity contribution is 5.75. The fraction of sp³-hybridized carbons (Fsp3) is 0.389. The monoisotopic (exact) mass is 336 g/mol. The minimum atomic E-state index is 0.440. The molecule has 0 unspecified atom stereocenters. The first-order chi connectivity index (χ1) is 12.2. The molecule has 1 saturated heterocycles. The summed E-state index contributed by atoms with van der Waals surface area (Å²) in [4.78, 5) is 0. The molecule has 7 heteroatoms. The predicted octanol–water partition coefficient (Wildman–Crippen LogP) is 2.31. The SMILES string of the molecule is COc1cc(-c2cnn(C3CCNCC3)c2C)cn2ncc(C#N)c12. The molecule has 3 aromatic rings. The van der Waals surface area contributed by atoms with E-state index in [4.69, 9.17) is 4.74 Å². The quantitative estimate of drug-likeness (QED) is 0.794. The van der Waals surface area contributed by atoms with E-state index in [1.807, 2.05) is 18.5 Å². The Bertz CT molecular complexity index is 958. The van der Waals surface area contributed by atoms with E-state index in [0.717, 1.165) is 42.8 Å². The second-order valence-corrected chi connectivity index (χ2v) is 6.33. The molecule has 4 heterocycles. The lowest BCUT2D eigenvalue weighted by molar-refractivity contribution is 0.338. The first-order valence-corrected chi connectivity index (χ1v) is 8.43. The van der Waals surface area contributed by atoms with Crippen LogP contribution < -0.4 is 10.1 Å². The molecule has 0 aliphatic carbocycles. The molecule has 0 radical (unpaired) electrons. The van der Waals surface area contributed by atoms with Gasteiger partial charge in [0, 0.05) is 23.0 Å². The van der Waals surface area contributed by atoms with Crippen LogP contribution in [0, 0.1) is 18.3 Å². The van der Waals surface area contributed by atoms with Crippen molar-refractivity contribution in [2.75, 3.05) is 20.2 Å². The van der Waals surface area contributed by atoms with Crippen molar-refractivity contribution in [1.29, 1.82) is 5.26 Å². The predicted molar refractivity (Wildman–Crippen MR) is 93.6 cm³/mol. The van der Waals surface area contributed by atoms with E-state index in [2.05, 4.69) is 33.2 Å². The number of ether oxygens (including phenoxy) is 1. The second kappa shape index (κ2) is 6.22. The zero-order chi connectivity index (χ0) is 17.4. The smallest absolute Gasteiger partial charge is 0.146 e. The molecule has 1 aliphatic rings. The lowest BCUT2D eigenvalue weighted by atomic mass is 10.1. The largest absolute Gasteiger partial charge is 0.494 e. The van der Waals surface area contributed by atoms with Gasteiger partial charge in [0.15, 0.2) is 0 Å². The van der Waals surface area contributed by atoms with E-state index in [1.54, 1.807) is 17.8 Å². The highest BCUT2D eigenvalue weighted by Gasteiger charge is 2.20. The van der Waals surface area contributed by atoms with Gasteiger partial charge in [-0.3, -0.25) is 4.68 Å². The third kappa shape index (κ3) is 2.55. The van der Waals surface area contributed by atoms with Gasteiger partial charge < -0.3 is 10.1 Å². The fourth-order valence-corrected chi connectivity index (χ4v) is 3.60. The number of aromatic nitrogens is 4. The molecule has 0 aromatic carbocycles. The lowest BCUT2D eigenvalue weighted by Gasteiger charge is -2.24. The maximum Gasteiger partial charge on any atom is 0.146 e. The van der Waals surface area contributed by atoms with E-state index < -0.39 is 0 Å². The van der Waals surface area contributed by atoms with Crippen molar-refractivity contribution in [3.05, 3.63) is 35.9 Å². The van der Waals surface area contributed by atoms with Crippen LogP contribution in [-0.2, 0) is 0 Å². The molecule has 128 valence electrons. The summed E-state index contributed by atoms with van der Waals surface area (Å²) in [6.07, 6.45) is 7.58. The van der Waals surface area contributed by atoms with Crippen molar-refractivity contribution in [2.24, 2.45) is 0 Å². The summed E-state index contributed by atoms with van der Waals surface area (Å²) < 4.78 is 9.34. The van der Waals surface area contributed by atoms with Crippen molar-refractivity contribution in [3.63, 3.8) is 0 Å². The van der Waals surface area contributed by atoms with Gasteiger partial charge in [0.25, 0.3) is 0 Å². The molecular weight excluding hydrogens is 316 g/mol. The minimum Gasteiger partial charge on any atom is -0.494 e. The van der Waals surface area contributed by atoms with Crippen molar-refractivity contribution in [2.45, 2.75) is 25.8 Å². The zero-order valence-corrected chi connectivity index (χ0v) is 14.4. The van der Waals surface area contributed by atoms with Crippen molar-refractivity contribution in [3.8, 4) is 22.9 Å². The Kier molecular flexibility index (Phi) is 3.90. The first-order valence-electron chi connectivity index (χ1n) is 8.43. The second-order valence-electron chi connectivity index (χ2n) is 6.33. The Morgan fingerprint density at radius 1 is 1.28 bits per heavy atom. The van der Waals surface area contributed by atoms with E-state index in [1.165, 1.54) is 0 Å². The highest BCUT2D eigenvalue weighted by Crippen LogP contribution is 2.32. The number of nitriles is 1. The highest BCUT2D eigenvalue weighted by atomic mass is 16.5. The number of pyridine rings is 1. The Labute approximate surface area is 145 Å². The number of hydrogen-bond acceptors (Lipinski definition) is 5. The van der Waals surface area contributed by atoms with Crippen LogP contribution in [0.5, 0.6) is 5.75 Å². The first kappa shape index (κ1) is 15.7. The lowest BCUT2D eigenvalue weighted by Crippen LogP contribution is -2.30. The Morgan fingerprint density at radius 2 is 2.08 bits per heavy atom. The molecule has 0 amide bonds. The van der Waals surface area contributed by atoms with Gasteiger partial charge in [0.05, 0.1) is 25.5 Å². The topological polar surface area (TPSA) is 80.2 Å². The normalized spacial score (nSPS) is 15.4. The van der Waals surface area contributed by atoms with Gasteiger partial charge in [0.2, 0.25) is 0 Å². The van der Waals surface area contributed by atoms with Crippen LogP contribution >= 0.6 is 0 Å². The number of nitrogens with one attached hydrogen (secondary N) is 1. The van der Waals surface area contributed by atoms with E-state index in [-0.39, 0.29) is 0 Å². The number of hydrogen-bond donors (Lipinski definition) is 1. The van der Waals surface area contributed by atoms with Crippen LogP contribution in [0.3, 0.4) is 0 Å². The summed E-state index contributed by atoms with van der Waals surface area (Å²) >= 11 is 0. The third-order valence-electron chi connectivity index (χ3n) is 4.93. The number of rotatable bonds is 3. The third-order valence-corrected chi connectivity index (χ3v) is 4.93. The summed E-state index contributed by atoms with van der Waals surface area (Å²) in [5, 5.41) is 21.6. The van der Waals surface area contributed by atoms with Crippen molar-refractivity contribution < 1.29 is 4.74 Å². The van der Waals surface area contributed by atoms with Crippen LogP contribution in [-0.4, -0.2) is 39.6 Å². The molecule has 0 saturated carbocycles. The number of methoxy groups -OCH3 is 1. The zero-order valence-electron chi connectivity index (χ0n) is 14.4. The molecule has 25 heavy (non-hydrogen) atoms. The number of nitrogens with zero attached hydrogens (tertiary/aromatic N) is 5. The average molecular weight is 336 g/mol. The number of fused-ring (bicyclic) bond motifs is 1. The summed E-state index contributed by atoms with van der Waals surface area (Å²) in [7, 11) is 1.61. The van der Waals surface area contributed by atoms with Gasteiger partial charge in [-0.1, -0.05) is 0 Å². The maximum atomic E-state index is 9.25. The van der Waals surface area contributed by atoms with Gasteiger partial charge in [-0.2, -0.15) is 15.5 Å². The van der Waals surface area contributed by atoms with Crippen molar-refractivity contribution >= 4 is 5.52 Å². The summed E-state index contributed by atoms with van der Waals surface area (Å²) in [5.74, 6) is 0.639. The average Bonchev–Trinajstić information content (AvgIpc) is 3.24. The summed E-state index contributed by atoms with van der Waals surface area (Å²) in [6.45, 7) is 4.16. The summed E-state index contributed by atoms with van der Waals surface area (Å²) in [6, 6.07) is 4.55. The van der Waals surface area contributed by atoms with E-state index in [0.29, 0.717) is 22.9 Å². The van der Waals surface area contributed by atoms with Crippen LogP contribution in [0.2, 0.25) is 0 Å². The van der Waals surface area contributed by atoms with Gasteiger partial charge in [0.1, 0.15) is 22.9 Å². The van der Waals surface area contributed by atoms with Gasteiger partial charge >= 0.3 is 0 Å². The van der Waals surface area contributed by atoms with Crippen LogP contribution in [0.4, 0.5) is 0 Å². The van der Waals surface area contributed by atoms with Crippen LogP contribution in [0.25, 0.3) is 16.6 Å². The molecule has 1 N–H and O–H groups in total. The Balaban J connectivity index is 1.80. The molecule has 0 spiro atoms. The van der Waals surface area contributed by atoms with Gasteiger partial charge in [-0.25, -0.2) is 4.52 Å². The summed E-state index contributed by atoms with van der Waals surface area (Å²) in [5.41, 5.74) is 4.38. The van der Waals surface area contributed by atoms with Crippen LogP contribution in [0.1, 0.15) is 30.1 Å². The molecule has 7 nitrogen and oxygen atoms in total. The molecular formula is C18H20N6O. The molecule has 3 aromatic heterocycles. The fourth-order valence-electron chi connectivity index (χ4n) is 3.60. The van der Waals surface area contributed by atoms with E-state index >= 15 is 0 Å². The molecule has 1 aliphatic heterocycles. The van der Waals surface area contributed by atoms with E-state index in [9.17, 15) is 5.26 Å². The molecule has 0 bridgehead atoms. The Morgan fingerprint density at radius 3 is 2.80 bits per heavy atom. The molecule has 4 rings (SSSR count). The van der Waals surface area contributed by atoms with Crippen LogP contribution in [0.15, 0.2) is 24.7 Å². The maximum absolute atomic E-state index is 9.25. The molecule has 0 atom stereocenters. The van der Waals surface area contributed by atoms with Gasteiger partial charge in [-0.05, 0) is 38.9 Å². The molecule has 1 fully saturated rings. The minimum absolute atomic E-state index is 0.440. The van der Waals surface area contributed by atoms with Crippen molar-refractivity contribution in [1.82, 2.24) is 24.7 Å². The standard InChI is InChI=1S/C18H20N6O/c1-12-16(10-22-24(12)15-3-5-20-6-4-15)13-7-17(25-2)18-14(8-19)9-21-23(18)11-13/h7,9-11,15,20H,3-6H2,1-2H3. The number of piperidine rings is 1. The van der Waals surface area contributed by atoms with Gasteiger partial charge in [-0.15, -0.1) is 0 Å².